The first kappa shape index (κ1) is 10.5. The van der Waals surface area contributed by atoms with E-state index in [4.69, 9.17) is 5.84 Å². The zero-order valence-corrected chi connectivity index (χ0v) is 8.58. The van der Waals surface area contributed by atoms with Crippen LogP contribution in [0.3, 0.4) is 0 Å². The molecule has 0 amide bonds. The van der Waals surface area contributed by atoms with Gasteiger partial charge in [-0.2, -0.15) is 5.11 Å². The highest BCUT2D eigenvalue weighted by Crippen LogP contribution is 2.23. The second-order valence-electron chi connectivity index (χ2n) is 4.22. The Bertz CT molecular complexity index is 156. The normalized spacial score (nSPS) is 32.4. The molecule has 2 atom stereocenters. The van der Waals surface area contributed by atoms with Crippen LogP contribution in [0.5, 0.6) is 0 Å². The molecule has 0 bridgehead atoms. The topological polar surface area (TPSA) is 50.7 Å². The van der Waals surface area contributed by atoms with E-state index in [9.17, 15) is 0 Å². The standard InChI is InChI=1S/C10H21N3/c1-9-6-4-2-3-5-7-10(8-9)12-13-11/h9-10H,2-8H2,1H3,(H2,11,12). The van der Waals surface area contributed by atoms with E-state index in [0.29, 0.717) is 6.04 Å². The van der Waals surface area contributed by atoms with Crippen LogP contribution >= 0.6 is 0 Å². The molecule has 13 heavy (non-hydrogen) atoms. The van der Waals surface area contributed by atoms with E-state index in [2.05, 4.69) is 17.3 Å². The maximum atomic E-state index is 5.09. The van der Waals surface area contributed by atoms with Gasteiger partial charge in [0.2, 0.25) is 0 Å². The highest BCUT2D eigenvalue weighted by molar-refractivity contribution is 4.70. The van der Waals surface area contributed by atoms with Crippen LogP contribution in [-0.2, 0) is 0 Å². The molecule has 1 aliphatic carbocycles. The fourth-order valence-corrected chi connectivity index (χ4v) is 2.13. The summed E-state index contributed by atoms with van der Waals surface area (Å²) in [6.07, 6.45) is 9.09. The largest absolute Gasteiger partial charge is 0.305 e. The fourth-order valence-electron chi connectivity index (χ4n) is 2.13. The first-order valence-electron chi connectivity index (χ1n) is 5.43. The summed E-state index contributed by atoms with van der Waals surface area (Å²) in [5.41, 5.74) is 0. The average molecular weight is 183 g/mol. The van der Waals surface area contributed by atoms with Gasteiger partial charge in [-0.3, -0.25) is 0 Å². The lowest BCUT2D eigenvalue weighted by molar-refractivity contribution is 0.418. The van der Waals surface area contributed by atoms with E-state index in [0.717, 1.165) is 5.92 Å². The molecule has 0 saturated heterocycles. The Morgan fingerprint density at radius 3 is 2.46 bits per heavy atom. The number of nitrogens with two attached hydrogens (primary N) is 1. The molecule has 2 unspecified atom stereocenters. The van der Waals surface area contributed by atoms with Gasteiger partial charge in [-0.1, -0.05) is 44.3 Å². The smallest absolute Gasteiger partial charge is 0.0732 e. The van der Waals surface area contributed by atoms with Gasteiger partial charge >= 0.3 is 0 Å². The minimum absolute atomic E-state index is 0.387. The summed E-state index contributed by atoms with van der Waals surface area (Å²) in [5.74, 6) is 5.88. The van der Waals surface area contributed by atoms with Crippen molar-refractivity contribution in [1.82, 2.24) is 0 Å². The van der Waals surface area contributed by atoms with E-state index < -0.39 is 0 Å². The lowest BCUT2D eigenvalue weighted by Crippen LogP contribution is -2.09. The maximum absolute atomic E-state index is 5.09. The summed E-state index contributed by atoms with van der Waals surface area (Å²) in [6.45, 7) is 2.31. The van der Waals surface area contributed by atoms with E-state index in [1.165, 1.54) is 44.9 Å². The van der Waals surface area contributed by atoms with Crippen molar-refractivity contribution in [3.63, 3.8) is 0 Å². The van der Waals surface area contributed by atoms with Crippen LogP contribution in [-0.4, -0.2) is 6.04 Å². The van der Waals surface area contributed by atoms with Crippen molar-refractivity contribution >= 4 is 0 Å². The molecule has 0 spiro atoms. The summed E-state index contributed by atoms with van der Waals surface area (Å²) in [7, 11) is 0. The first-order valence-corrected chi connectivity index (χ1v) is 5.43. The summed E-state index contributed by atoms with van der Waals surface area (Å²) < 4.78 is 0. The van der Waals surface area contributed by atoms with Gasteiger partial charge in [-0.25, -0.2) is 0 Å². The van der Waals surface area contributed by atoms with Crippen molar-refractivity contribution in [1.29, 1.82) is 0 Å². The molecule has 1 aliphatic rings. The van der Waals surface area contributed by atoms with Gasteiger partial charge in [0.05, 0.1) is 6.04 Å². The molecule has 1 rings (SSSR count). The Labute approximate surface area is 80.8 Å². The van der Waals surface area contributed by atoms with Gasteiger partial charge < -0.3 is 5.84 Å². The predicted octanol–water partition coefficient (Wildman–Crippen LogP) is 3.06. The highest BCUT2D eigenvalue weighted by Gasteiger charge is 2.14. The van der Waals surface area contributed by atoms with Crippen LogP contribution in [0.15, 0.2) is 10.3 Å². The van der Waals surface area contributed by atoms with Gasteiger partial charge in [0, 0.05) is 0 Å². The van der Waals surface area contributed by atoms with Crippen molar-refractivity contribution in [2.45, 2.75) is 57.9 Å². The highest BCUT2D eigenvalue weighted by atomic mass is 15.3. The van der Waals surface area contributed by atoms with E-state index in [1.54, 1.807) is 0 Å². The second kappa shape index (κ2) is 5.95. The van der Waals surface area contributed by atoms with Gasteiger partial charge in [0.15, 0.2) is 0 Å². The Morgan fingerprint density at radius 2 is 1.77 bits per heavy atom. The molecule has 0 radical (unpaired) electrons. The average Bonchev–Trinajstić information content (AvgIpc) is 2.18. The molecule has 3 nitrogen and oxygen atoms in total. The molecule has 2 N–H and O–H groups in total. The van der Waals surface area contributed by atoms with Crippen molar-refractivity contribution in [3.8, 4) is 0 Å². The summed E-state index contributed by atoms with van der Waals surface area (Å²) >= 11 is 0. The summed E-state index contributed by atoms with van der Waals surface area (Å²) in [5, 5.41) is 7.50. The van der Waals surface area contributed by atoms with Crippen molar-refractivity contribution in [2.24, 2.45) is 22.1 Å². The third kappa shape index (κ3) is 4.25. The Morgan fingerprint density at radius 1 is 1.08 bits per heavy atom. The van der Waals surface area contributed by atoms with Crippen LogP contribution in [0.25, 0.3) is 0 Å². The lowest BCUT2D eigenvalue weighted by atomic mass is 9.96. The van der Waals surface area contributed by atoms with Crippen LogP contribution < -0.4 is 5.84 Å². The van der Waals surface area contributed by atoms with Crippen LogP contribution in [0.2, 0.25) is 0 Å². The maximum Gasteiger partial charge on any atom is 0.0732 e. The van der Waals surface area contributed by atoms with E-state index in [-0.39, 0.29) is 0 Å². The summed E-state index contributed by atoms with van der Waals surface area (Å²) in [6, 6.07) is 0.387. The first-order chi connectivity index (χ1) is 6.33. The molecule has 0 aromatic heterocycles. The molecule has 76 valence electrons. The molecule has 0 aromatic carbocycles. The predicted molar refractivity (Wildman–Crippen MR) is 54.3 cm³/mol. The van der Waals surface area contributed by atoms with Gasteiger partial charge in [0.1, 0.15) is 0 Å². The minimum Gasteiger partial charge on any atom is -0.305 e. The van der Waals surface area contributed by atoms with Crippen molar-refractivity contribution in [2.75, 3.05) is 0 Å². The SMILES string of the molecule is CC1CCCCCCC(N=NN)C1. The Kier molecular flexibility index (Phi) is 4.79. The second-order valence-corrected chi connectivity index (χ2v) is 4.22. The van der Waals surface area contributed by atoms with E-state index in [1.807, 2.05) is 0 Å². The van der Waals surface area contributed by atoms with Crippen LogP contribution in [0, 0.1) is 5.92 Å². The third-order valence-corrected chi connectivity index (χ3v) is 2.89. The quantitative estimate of drug-likeness (QED) is 0.379. The zero-order valence-electron chi connectivity index (χ0n) is 8.58. The fraction of sp³-hybridized carbons (Fsp3) is 1.00. The van der Waals surface area contributed by atoms with Crippen LogP contribution in [0.4, 0.5) is 0 Å². The monoisotopic (exact) mass is 183 g/mol. The molecule has 0 aromatic rings. The van der Waals surface area contributed by atoms with E-state index >= 15 is 0 Å². The number of nitrogens with zero attached hydrogens (tertiary/aromatic N) is 2. The molecular formula is C10H21N3. The van der Waals surface area contributed by atoms with Crippen molar-refractivity contribution in [3.05, 3.63) is 0 Å². The number of rotatable bonds is 1. The lowest BCUT2D eigenvalue weighted by Gasteiger charge is -2.13. The minimum atomic E-state index is 0.387. The van der Waals surface area contributed by atoms with Gasteiger partial charge in [0.25, 0.3) is 0 Å². The van der Waals surface area contributed by atoms with Crippen LogP contribution in [0.1, 0.15) is 51.9 Å². The zero-order chi connectivity index (χ0) is 9.52. The number of hydrogen-bond acceptors (Lipinski definition) is 2. The van der Waals surface area contributed by atoms with Gasteiger partial charge in [-0.05, 0) is 18.8 Å². The molecular weight excluding hydrogens is 162 g/mol. The van der Waals surface area contributed by atoms with Crippen molar-refractivity contribution < 1.29 is 0 Å². The summed E-state index contributed by atoms with van der Waals surface area (Å²) in [4.78, 5) is 0. The Balaban J connectivity index is 2.41. The number of hydrogen-bond donors (Lipinski definition) is 1. The third-order valence-electron chi connectivity index (χ3n) is 2.89. The van der Waals surface area contributed by atoms with Gasteiger partial charge in [-0.15, -0.1) is 0 Å². The molecule has 0 heterocycles. The molecule has 1 fully saturated rings. The molecule has 3 heteroatoms. The Hall–Kier alpha value is -0.600. The molecule has 0 aliphatic heterocycles. The molecule has 1 saturated carbocycles.